The number of anilines is 1. The number of nitrogens with one attached hydrogen (secondary N) is 1. The van der Waals surface area contributed by atoms with Crippen LogP contribution in [0.3, 0.4) is 0 Å². The van der Waals surface area contributed by atoms with Gasteiger partial charge in [-0.1, -0.05) is 30.3 Å². The van der Waals surface area contributed by atoms with Gasteiger partial charge in [0.2, 0.25) is 0 Å². The van der Waals surface area contributed by atoms with Crippen LogP contribution in [0.4, 0.5) is 10.1 Å². The van der Waals surface area contributed by atoms with Crippen LogP contribution in [0.2, 0.25) is 0 Å². The maximum Gasteiger partial charge on any atom is 0.257 e. The van der Waals surface area contributed by atoms with Crippen molar-refractivity contribution in [3.05, 3.63) is 101 Å². The summed E-state index contributed by atoms with van der Waals surface area (Å²) in [6.45, 7) is 4.04. The Labute approximate surface area is 198 Å². The lowest BCUT2D eigenvalue weighted by Gasteiger charge is -2.17. The monoisotopic (exact) mass is 455 g/mol. The van der Waals surface area contributed by atoms with Crippen LogP contribution in [-0.2, 0) is 6.54 Å². The number of carbonyl (C=O) groups excluding carboxylic acids is 1. The van der Waals surface area contributed by atoms with Gasteiger partial charge in [-0.05, 0) is 77.6 Å². The standard InChI is InChI=1S/C28H26FN3O2/c1-17-21(20-13-25(29)24(15-30)27(14-20)34-3)8-4-9-22(17)23-10-5-11-26(18(23)2)32-28(33)19-7-6-12-31-16-19/h4-14,16H,15,30H2,1-3H3,(H,32,33). The van der Waals surface area contributed by atoms with Crippen molar-refractivity contribution in [1.29, 1.82) is 0 Å². The van der Waals surface area contributed by atoms with Crippen molar-refractivity contribution >= 4 is 11.6 Å². The number of pyridine rings is 1. The quantitative estimate of drug-likeness (QED) is 0.380. The summed E-state index contributed by atoms with van der Waals surface area (Å²) in [5.74, 6) is -0.182. The number of hydrogen-bond acceptors (Lipinski definition) is 4. The van der Waals surface area contributed by atoms with Crippen molar-refractivity contribution in [3.63, 3.8) is 0 Å². The van der Waals surface area contributed by atoms with Crippen LogP contribution in [-0.4, -0.2) is 18.0 Å². The summed E-state index contributed by atoms with van der Waals surface area (Å²) in [7, 11) is 1.51. The van der Waals surface area contributed by atoms with E-state index in [2.05, 4.69) is 10.3 Å². The maximum absolute atomic E-state index is 14.7. The molecule has 0 spiro atoms. The van der Waals surface area contributed by atoms with Crippen LogP contribution in [0.1, 0.15) is 27.0 Å². The fourth-order valence-corrected chi connectivity index (χ4v) is 4.14. The Morgan fingerprint density at radius 1 is 1.00 bits per heavy atom. The second-order valence-electron chi connectivity index (χ2n) is 8.00. The van der Waals surface area contributed by atoms with Crippen LogP contribution in [0.15, 0.2) is 73.1 Å². The number of nitrogens with zero attached hydrogens (tertiary/aromatic N) is 1. The molecule has 5 nitrogen and oxygen atoms in total. The Morgan fingerprint density at radius 3 is 2.38 bits per heavy atom. The van der Waals surface area contributed by atoms with Gasteiger partial charge in [0.25, 0.3) is 5.91 Å². The van der Waals surface area contributed by atoms with E-state index in [4.69, 9.17) is 10.5 Å². The number of nitrogens with two attached hydrogens (primary N) is 1. The highest BCUT2D eigenvalue weighted by atomic mass is 19.1. The molecule has 1 aromatic heterocycles. The van der Waals surface area contributed by atoms with Gasteiger partial charge in [0.05, 0.1) is 12.7 Å². The summed E-state index contributed by atoms with van der Waals surface area (Å²) in [6, 6.07) is 18.5. The molecule has 4 rings (SSSR count). The minimum atomic E-state index is -0.391. The zero-order valence-electron chi connectivity index (χ0n) is 19.4. The number of benzene rings is 3. The van der Waals surface area contributed by atoms with Crippen molar-refractivity contribution in [3.8, 4) is 28.0 Å². The number of carbonyl (C=O) groups is 1. The molecule has 0 aliphatic rings. The summed E-state index contributed by atoms with van der Waals surface area (Å²) in [5.41, 5.74) is 12.8. The lowest BCUT2D eigenvalue weighted by Crippen LogP contribution is -2.13. The molecule has 0 saturated carbocycles. The summed E-state index contributed by atoms with van der Waals surface area (Å²) in [6.07, 6.45) is 3.16. The predicted molar refractivity (Wildman–Crippen MR) is 133 cm³/mol. The maximum atomic E-state index is 14.7. The largest absolute Gasteiger partial charge is 0.496 e. The number of amides is 1. The summed E-state index contributed by atoms with van der Waals surface area (Å²) >= 11 is 0. The molecule has 0 atom stereocenters. The van der Waals surface area contributed by atoms with Gasteiger partial charge >= 0.3 is 0 Å². The molecule has 172 valence electrons. The molecule has 0 fully saturated rings. The lowest BCUT2D eigenvalue weighted by molar-refractivity contribution is 0.102. The molecule has 3 N–H and O–H groups in total. The first-order valence-electron chi connectivity index (χ1n) is 10.9. The minimum absolute atomic E-state index is 0.0606. The highest BCUT2D eigenvalue weighted by Crippen LogP contribution is 2.37. The van der Waals surface area contributed by atoms with E-state index in [-0.39, 0.29) is 12.5 Å². The molecule has 0 aliphatic carbocycles. The zero-order chi connectivity index (χ0) is 24.2. The lowest BCUT2D eigenvalue weighted by atomic mass is 9.90. The number of hydrogen-bond donors (Lipinski definition) is 2. The van der Waals surface area contributed by atoms with Crippen LogP contribution < -0.4 is 15.8 Å². The number of aromatic nitrogens is 1. The van der Waals surface area contributed by atoms with Gasteiger partial charge in [-0.15, -0.1) is 0 Å². The van der Waals surface area contributed by atoms with Crippen LogP contribution in [0, 0.1) is 19.7 Å². The van der Waals surface area contributed by atoms with Gasteiger partial charge < -0.3 is 15.8 Å². The van der Waals surface area contributed by atoms with Crippen LogP contribution in [0.5, 0.6) is 5.75 Å². The van der Waals surface area contributed by atoms with Gasteiger partial charge in [0.1, 0.15) is 11.6 Å². The second kappa shape index (κ2) is 9.85. The van der Waals surface area contributed by atoms with Crippen molar-refractivity contribution in [2.24, 2.45) is 5.73 Å². The van der Waals surface area contributed by atoms with Gasteiger partial charge in [-0.25, -0.2) is 4.39 Å². The first kappa shape index (κ1) is 23.1. The van der Waals surface area contributed by atoms with E-state index >= 15 is 0 Å². The summed E-state index contributed by atoms with van der Waals surface area (Å²) in [5, 5.41) is 2.98. The molecule has 1 heterocycles. The molecule has 34 heavy (non-hydrogen) atoms. The molecule has 0 saturated heterocycles. The van der Waals surface area contributed by atoms with Gasteiger partial charge in [0, 0.05) is 30.2 Å². The third-order valence-corrected chi connectivity index (χ3v) is 6.02. The van der Waals surface area contributed by atoms with Crippen molar-refractivity contribution in [1.82, 2.24) is 4.98 Å². The first-order valence-corrected chi connectivity index (χ1v) is 10.9. The van der Waals surface area contributed by atoms with Crippen LogP contribution >= 0.6 is 0 Å². The third kappa shape index (κ3) is 4.40. The van der Waals surface area contributed by atoms with Crippen molar-refractivity contribution in [2.75, 3.05) is 12.4 Å². The first-order chi connectivity index (χ1) is 16.4. The van der Waals surface area contributed by atoms with Crippen LogP contribution in [0.25, 0.3) is 22.3 Å². The van der Waals surface area contributed by atoms with Gasteiger partial charge in [0.15, 0.2) is 0 Å². The highest BCUT2D eigenvalue weighted by Gasteiger charge is 2.16. The molecule has 0 bridgehead atoms. The molecule has 0 aliphatic heterocycles. The normalized spacial score (nSPS) is 10.7. The third-order valence-electron chi connectivity index (χ3n) is 6.02. The Balaban J connectivity index is 1.75. The Kier molecular flexibility index (Phi) is 6.70. The molecule has 6 heteroatoms. The fourth-order valence-electron chi connectivity index (χ4n) is 4.14. The topological polar surface area (TPSA) is 77.2 Å². The predicted octanol–water partition coefficient (Wildman–Crippen LogP) is 5.89. The van der Waals surface area contributed by atoms with E-state index in [0.29, 0.717) is 22.4 Å². The number of ether oxygens (including phenoxy) is 1. The molecule has 4 aromatic rings. The average molecular weight is 456 g/mol. The molecule has 0 radical (unpaired) electrons. The molecule has 0 unspecified atom stereocenters. The summed E-state index contributed by atoms with van der Waals surface area (Å²) in [4.78, 5) is 16.7. The Morgan fingerprint density at radius 2 is 1.71 bits per heavy atom. The molecule has 1 amide bonds. The van der Waals surface area contributed by atoms with Crippen molar-refractivity contribution in [2.45, 2.75) is 20.4 Å². The minimum Gasteiger partial charge on any atom is -0.496 e. The SMILES string of the molecule is COc1cc(-c2cccc(-c3cccc(NC(=O)c4cccnc4)c3C)c2C)cc(F)c1CN. The fraction of sp³-hybridized carbons (Fsp3) is 0.143. The average Bonchev–Trinajstić information content (AvgIpc) is 2.85. The molecular formula is C28H26FN3O2. The number of methoxy groups -OCH3 is 1. The van der Waals surface area contributed by atoms with E-state index in [1.807, 2.05) is 56.3 Å². The van der Waals surface area contributed by atoms with E-state index in [1.54, 1.807) is 18.3 Å². The van der Waals surface area contributed by atoms with Gasteiger partial charge in [-0.2, -0.15) is 0 Å². The van der Waals surface area contributed by atoms with E-state index in [9.17, 15) is 9.18 Å². The Hall–Kier alpha value is -4.03. The van der Waals surface area contributed by atoms with E-state index in [1.165, 1.54) is 19.4 Å². The van der Waals surface area contributed by atoms with Gasteiger partial charge in [-0.3, -0.25) is 9.78 Å². The summed E-state index contributed by atoms with van der Waals surface area (Å²) < 4.78 is 20.1. The second-order valence-corrected chi connectivity index (χ2v) is 8.00. The zero-order valence-corrected chi connectivity index (χ0v) is 19.4. The van der Waals surface area contributed by atoms with E-state index in [0.717, 1.165) is 33.5 Å². The molecule has 3 aromatic carbocycles. The van der Waals surface area contributed by atoms with E-state index < -0.39 is 5.82 Å². The van der Waals surface area contributed by atoms with Crippen molar-refractivity contribution < 1.29 is 13.9 Å². The number of halogens is 1. The molecular weight excluding hydrogens is 429 g/mol. The Bertz CT molecular complexity index is 1350. The number of rotatable bonds is 6. The highest BCUT2D eigenvalue weighted by molar-refractivity contribution is 6.05. The smallest absolute Gasteiger partial charge is 0.257 e.